The molecule has 2 heterocycles. The van der Waals surface area contributed by atoms with E-state index in [4.69, 9.17) is 0 Å². The molecular formula is C11H19N3O3. The number of aliphatic hydroxyl groups excluding tert-OH is 1. The zero-order chi connectivity index (χ0) is 12.3. The van der Waals surface area contributed by atoms with Crippen LogP contribution < -0.4 is 5.32 Å². The molecule has 0 aromatic rings. The lowest BCUT2D eigenvalue weighted by Gasteiger charge is -2.32. The van der Waals surface area contributed by atoms with E-state index in [9.17, 15) is 14.7 Å². The van der Waals surface area contributed by atoms with Crippen LogP contribution >= 0.6 is 0 Å². The third-order valence-electron chi connectivity index (χ3n) is 3.34. The third-order valence-corrected chi connectivity index (χ3v) is 3.34. The highest BCUT2D eigenvalue weighted by atomic mass is 16.3. The Bertz CT molecular complexity index is 294. The lowest BCUT2D eigenvalue weighted by atomic mass is 10.1. The summed E-state index contributed by atoms with van der Waals surface area (Å²) in [5.41, 5.74) is 0. The van der Waals surface area contributed by atoms with E-state index in [0.29, 0.717) is 39.0 Å². The third kappa shape index (κ3) is 2.95. The first-order valence-electron chi connectivity index (χ1n) is 6.15. The second-order valence-corrected chi connectivity index (χ2v) is 4.57. The maximum atomic E-state index is 11.9. The van der Waals surface area contributed by atoms with E-state index < -0.39 is 11.8 Å². The molecule has 2 aliphatic rings. The van der Waals surface area contributed by atoms with Crippen molar-refractivity contribution in [2.24, 2.45) is 0 Å². The number of likely N-dealkylation sites (tertiary alicyclic amines) is 1. The van der Waals surface area contributed by atoms with E-state index in [1.165, 1.54) is 0 Å². The Morgan fingerprint density at radius 1 is 0.941 bits per heavy atom. The van der Waals surface area contributed by atoms with Crippen molar-refractivity contribution in [2.75, 3.05) is 39.3 Å². The molecular weight excluding hydrogens is 222 g/mol. The molecule has 0 saturated carbocycles. The molecule has 0 unspecified atom stereocenters. The van der Waals surface area contributed by atoms with Crippen molar-refractivity contribution in [1.82, 2.24) is 15.1 Å². The molecule has 0 bridgehead atoms. The zero-order valence-corrected chi connectivity index (χ0v) is 9.89. The van der Waals surface area contributed by atoms with Gasteiger partial charge in [0.2, 0.25) is 0 Å². The van der Waals surface area contributed by atoms with Crippen LogP contribution in [0.15, 0.2) is 0 Å². The number of aliphatic hydroxyl groups is 1. The van der Waals surface area contributed by atoms with Crippen LogP contribution in [0.2, 0.25) is 0 Å². The molecule has 2 rings (SSSR count). The van der Waals surface area contributed by atoms with Crippen LogP contribution in [0.5, 0.6) is 0 Å². The predicted octanol–water partition coefficient (Wildman–Crippen LogP) is -1.60. The molecule has 2 saturated heterocycles. The van der Waals surface area contributed by atoms with Crippen LogP contribution in [0, 0.1) is 0 Å². The maximum Gasteiger partial charge on any atom is 0.312 e. The van der Waals surface area contributed by atoms with Gasteiger partial charge in [0.15, 0.2) is 0 Å². The highest BCUT2D eigenvalue weighted by Gasteiger charge is 2.30. The van der Waals surface area contributed by atoms with Crippen LogP contribution in [0.1, 0.15) is 12.8 Å². The number of amides is 2. The van der Waals surface area contributed by atoms with E-state index in [0.717, 1.165) is 13.1 Å². The maximum absolute atomic E-state index is 11.9. The van der Waals surface area contributed by atoms with Gasteiger partial charge in [0.1, 0.15) is 0 Å². The summed E-state index contributed by atoms with van der Waals surface area (Å²) in [5.74, 6) is -0.818. The van der Waals surface area contributed by atoms with Gasteiger partial charge < -0.3 is 20.2 Å². The van der Waals surface area contributed by atoms with Gasteiger partial charge in [-0.3, -0.25) is 9.59 Å². The van der Waals surface area contributed by atoms with E-state index in [1.807, 2.05) is 0 Å². The summed E-state index contributed by atoms with van der Waals surface area (Å²) in [6, 6.07) is 0. The van der Waals surface area contributed by atoms with Gasteiger partial charge in [0.25, 0.3) is 0 Å². The normalized spacial score (nSPS) is 22.6. The lowest BCUT2D eigenvalue weighted by molar-refractivity contribution is -0.153. The molecule has 0 aromatic carbocycles. The molecule has 0 radical (unpaired) electrons. The van der Waals surface area contributed by atoms with Crippen LogP contribution in [0.3, 0.4) is 0 Å². The minimum atomic E-state index is -0.418. The number of piperidine rings is 1. The standard InChI is InChI=1S/C11H19N3O3/c15-9-1-5-13(6-2-9)10(16)11(17)14-7-3-12-4-8-14/h9,12,15H,1-8H2. The quantitative estimate of drug-likeness (QED) is 0.501. The van der Waals surface area contributed by atoms with Gasteiger partial charge in [-0.05, 0) is 12.8 Å². The van der Waals surface area contributed by atoms with Crippen molar-refractivity contribution in [3.05, 3.63) is 0 Å². The first-order valence-corrected chi connectivity index (χ1v) is 6.15. The summed E-state index contributed by atoms with van der Waals surface area (Å²) < 4.78 is 0. The number of carbonyl (C=O) groups excluding carboxylic acids is 2. The monoisotopic (exact) mass is 241 g/mol. The predicted molar refractivity (Wildman–Crippen MR) is 61.3 cm³/mol. The smallest absolute Gasteiger partial charge is 0.312 e. The Kier molecular flexibility index (Phi) is 3.96. The fraction of sp³-hybridized carbons (Fsp3) is 0.818. The molecule has 96 valence electrons. The average Bonchev–Trinajstić information content (AvgIpc) is 2.39. The van der Waals surface area contributed by atoms with Crippen molar-refractivity contribution < 1.29 is 14.7 Å². The van der Waals surface area contributed by atoms with E-state index in [-0.39, 0.29) is 6.10 Å². The van der Waals surface area contributed by atoms with Gasteiger partial charge in [-0.25, -0.2) is 0 Å². The fourth-order valence-electron chi connectivity index (χ4n) is 2.21. The van der Waals surface area contributed by atoms with Crippen molar-refractivity contribution in [1.29, 1.82) is 0 Å². The summed E-state index contributed by atoms with van der Waals surface area (Å²) in [6.07, 6.45) is 0.814. The number of rotatable bonds is 0. The molecule has 2 N–H and O–H groups in total. The summed E-state index contributed by atoms with van der Waals surface area (Å²) in [5, 5.41) is 12.5. The molecule has 0 spiro atoms. The SMILES string of the molecule is O=C(C(=O)N1CCC(O)CC1)N1CCNCC1. The summed E-state index contributed by atoms with van der Waals surface area (Å²) in [6.45, 7) is 3.66. The summed E-state index contributed by atoms with van der Waals surface area (Å²) >= 11 is 0. The second kappa shape index (κ2) is 5.46. The summed E-state index contributed by atoms with van der Waals surface area (Å²) in [7, 11) is 0. The number of carbonyl (C=O) groups is 2. The molecule has 6 nitrogen and oxygen atoms in total. The molecule has 0 atom stereocenters. The largest absolute Gasteiger partial charge is 0.393 e. The molecule has 0 aromatic heterocycles. The highest BCUT2D eigenvalue weighted by molar-refractivity contribution is 6.34. The molecule has 2 amide bonds. The Balaban J connectivity index is 1.88. The van der Waals surface area contributed by atoms with Crippen molar-refractivity contribution >= 4 is 11.8 Å². The van der Waals surface area contributed by atoms with Crippen LogP contribution in [0.4, 0.5) is 0 Å². The van der Waals surface area contributed by atoms with Gasteiger partial charge in [-0.15, -0.1) is 0 Å². The first kappa shape index (κ1) is 12.3. The zero-order valence-electron chi connectivity index (χ0n) is 9.89. The Labute approximate surface area is 101 Å². The Morgan fingerprint density at radius 3 is 1.94 bits per heavy atom. The Hall–Kier alpha value is -1.14. The average molecular weight is 241 g/mol. The van der Waals surface area contributed by atoms with Crippen molar-refractivity contribution in [2.45, 2.75) is 18.9 Å². The molecule has 2 fully saturated rings. The molecule has 6 heteroatoms. The fourth-order valence-corrected chi connectivity index (χ4v) is 2.21. The van der Waals surface area contributed by atoms with Gasteiger partial charge in [-0.2, -0.15) is 0 Å². The number of nitrogens with zero attached hydrogens (tertiary/aromatic N) is 2. The highest BCUT2D eigenvalue weighted by Crippen LogP contribution is 2.11. The van der Waals surface area contributed by atoms with Crippen LogP contribution in [-0.2, 0) is 9.59 Å². The van der Waals surface area contributed by atoms with E-state index in [2.05, 4.69) is 5.32 Å². The number of nitrogens with one attached hydrogen (secondary N) is 1. The topological polar surface area (TPSA) is 72.9 Å². The van der Waals surface area contributed by atoms with Crippen molar-refractivity contribution in [3.63, 3.8) is 0 Å². The van der Waals surface area contributed by atoms with Crippen LogP contribution in [0.25, 0.3) is 0 Å². The minimum absolute atomic E-state index is 0.326. The lowest BCUT2D eigenvalue weighted by Crippen LogP contribution is -2.53. The van der Waals surface area contributed by atoms with Gasteiger partial charge >= 0.3 is 11.8 Å². The van der Waals surface area contributed by atoms with E-state index in [1.54, 1.807) is 9.80 Å². The van der Waals surface area contributed by atoms with Crippen LogP contribution in [-0.4, -0.2) is 72.1 Å². The second-order valence-electron chi connectivity index (χ2n) is 4.57. The van der Waals surface area contributed by atoms with Gasteiger partial charge in [0, 0.05) is 39.3 Å². The molecule has 0 aliphatic carbocycles. The Morgan fingerprint density at radius 2 is 1.41 bits per heavy atom. The molecule has 2 aliphatic heterocycles. The first-order chi connectivity index (χ1) is 8.18. The van der Waals surface area contributed by atoms with E-state index >= 15 is 0 Å². The van der Waals surface area contributed by atoms with Crippen molar-refractivity contribution in [3.8, 4) is 0 Å². The van der Waals surface area contributed by atoms with Gasteiger partial charge in [-0.1, -0.05) is 0 Å². The number of piperazine rings is 1. The number of hydrogen-bond donors (Lipinski definition) is 2. The summed E-state index contributed by atoms with van der Waals surface area (Å²) in [4.78, 5) is 27.0. The van der Waals surface area contributed by atoms with Gasteiger partial charge in [0.05, 0.1) is 6.10 Å². The molecule has 17 heavy (non-hydrogen) atoms. The number of hydrogen-bond acceptors (Lipinski definition) is 4. The minimum Gasteiger partial charge on any atom is -0.393 e.